The highest BCUT2D eigenvalue weighted by Crippen LogP contribution is 2.36. The van der Waals surface area contributed by atoms with Crippen LogP contribution in [0.5, 0.6) is 0 Å². The summed E-state index contributed by atoms with van der Waals surface area (Å²) in [6, 6.07) is 9.89. The van der Waals surface area contributed by atoms with Crippen LogP contribution in [-0.2, 0) is 20.7 Å². The molecule has 0 amide bonds. The third-order valence-corrected chi connectivity index (χ3v) is 6.01. The van der Waals surface area contributed by atoms with E-state index < -0.39 is 12.2 Å². The summed E-state index contributed by atoms with van der Waals surface area (Å²) in [5.74, 6) is -0.465. The minimum Gasteiger partial charge on any atom is -0.466 e. The number of aliphatic hydroxyl groups is 2. The molecule has 1 saturated carbocycles. The van der Waals surface area contributed by atoms with Gasteiger partial charge in [-0.2, -0.15) is 0 Å². The second kappa shape index (κ2) is 14.8. The lowest BCUT2D eigenvalue weighted by molar-refractivity contribution is -0.143. The van der Waals surface area contributed by atoms with Gasteiger partial charge in [0.25, 0.3) is 0 Å². The van der Waals surface area contributed by atoms with E-state index >= 15 is 0 Å². The minimum atomic E-state index is -0.639. The van der Waals surface area contributed by atoms with Crippen molar-refractivity contribution in [3.63, 3.8) is 0 Å². The molecule has 0 spiro atoms. The molecule has 0 saturated heterocycles. The number of aliphatic hydroxyl groups excluding tert-OH is 2. The predicted molar refractivity (Wildman–Crippen MR) is 126 cm³/mol. The van der Waals surface area contributed by atoms with Gasteiger partial charge in [-0.1, -0.05) is 61.9 Å². The Kier molecular flexibility index (Phi) is 12.0. The summed E-state index contributed by atoms with van der Waals surface area (Å²) in [7, 11) is 0. The van der Waals surface area contributed by atoms with Crippen LogP contribution in [0.4, 0.5) is 0 Å². The van der Waals surface area contributed by atoms with Crippen LogP contribution in [0.15, 0.2) is 54.6 Å². The lowest BCUT2D eigenvalue weighted by Crippen LogP contribution is -2.20. The molecule has 2 rings (SSSR count). The van der Waals surface area contributed by atoms with Gasteiger partial charge < -0.3 is 14.9 Å². The number of carbonyl (C=O) groups is 2. The summed E-state index contributed by atoms with van der Waals surface area (Å²) in [5, 5.41) is 20.7. The first-order valence-corrected chi connectivity index (χ1v) is 11.9. The molecule has 0 aliphatic heterocycles. The molecule has 4 atom stereocenters. The zero-order chi connectivity index (χ0) is 23.2. The fourth-order valence-electron chi connectivity index (χ4n) is 4.06. The summed E-state index contributed by atoms with van der Waals surface area (Å²) >= 11 is 0. The van der Waals surface area contributed by atoms with Gasteiger partial charge in [-0.05, 0) is 49.7 Å². The number of allylic oxidation sites excluding steroid dienone is 3. The second-order valence-electron chi connectivity index (χ2n) is 8.60. The van der Waals surface area contributed by atoms with E-state index in [-0.39, 0.29) is 23.6 Å². The Morgan fingerprint density at radius 2 is 1.84 bits per heavy atom. The fraction of sp³-hybridized carbons (Fsp3) is 0.556. The zero-order valence-corrected chi connectivity index (χ0v) is 19.2. The van der Waals surface area contributed by atoms with E-state index in [9.17, 15) is 19.8 Å². The normalized spacial score (nSPS) is 23.2. The van der Waals surface area contributed by atoms with Crippen molar-refractivity contribution in [3.8, 4) is 0 Å². The fourth-order valence-corrected chi connectivity index (χ4v) is 4.06. The molecule has 0 heterocycles. The average Bonchev–Trinajstić information content (AvgIpc) is 3.06. The largest absolute Gasteiger partial charge is 0.466 e. The van der Waals surface area contributed by atoms with Gasteiger partial charge in [-0.3, -0.25) is 9.59 Å². The maximum absolute atomic E-state index is 12.3. The number of benzene rings is 1. The van der Waals surface area contributed by atoms with Crippen molar-refractivity contribution in [1.82, 2.24) is 0 Å². The third-order valence-electron chi connectivity index (χ3n) is 6.01. The molecule has 2 unspecified atom stereocenters. The number of aryl methyl sites for hydroxylation is 1. The number of ketones is 1. The van der Waals surface area contributed by atoms with E-state index in [0.717, 1.165) is 31.2 Å². The van der Waals surface area contributed by atoms with Crippen LogP contribution in [0.1, 0.15) is 63.9 Å². The van der Waals surface area contributed by atoms with Gasteiger partial charge in [0.1, 0.15) is 0 Å². The Balaban J connectivity index is 1.73. The Bertz CT molecular complexity index is 740. The summed E-state index contributed by atoms with van der Waals surface area (Å²) in [4.78, 5) is 23.8. The maximum atomic E-state index is 12.3. The Morgan fingerprint density at radius 1 is 1.06 bits per heavy atom. The molecule has 5 heteroatoms. The molecule has 2 N–H and O–H groups in total. The smallest absolute Gasteiger partial charge is 0.305 e. The molecule has 1 aromatic carbocycles. The minimum absolute atomic E-state index is 0.0301. The number of carbonyl (C=O) groups excluding carboxylic acids is 2. The van der Waals surface area contributed by atoms with Gasteiger partial charge in [-0.15, -0.1) is 0 Å². The summed E-state index contributed by atoms with van der Waals surface area (Å²) in [6.45, 7) is 2.56. The highest BCUT2D eigenvalue weighted by molar-refractivity contribution is 5.89. The molecule has 1 aliphatic carbocycles. The number of esters is 1. The Labute approximate surface area is 192 Å². The molecular weight excluding hydrogens is 404 g/mol. The van der Waals surface area contributed by atoms with E-state index in [4.69, 9.17) is 4.74 Å². The Hall–Kier alpha value is -2.24. The Morgan fingerprint density at radius 3 is 2.59 bits per heavy atom. The molecule has 1 aliphatic rings. The van der Waals surface area contributed by atoms with Crippen LogP contribution in [0.2, 0.25) is 0 Å². The number of ether oxygens (including phenoxy) is 1. The molecule has 0 aromatic heterocycles. The summed E-state index contributed by atoms with van der Waals surface area (Å²) in [5.41, 5.74) is 1.13. The van der Waals surface area contributed by atoms with Gasteiger partial charge in [0.2, 0.25) is 0 Å². The highest BCUT2D eigenvalue weighted by Gasteiger charge is 2.39. The zero-order valence-electron chi connectivity index (χ0n) is 19.2. The molecule has 32 heavy (non-hydrogen) atoms. The van der Waals surface area contributed by atoms with Gasteiger partial charge in [0, 0.05) is 25.2 Å². The standard InChI is InChI=1S/C27H38O5/c1-2-3-19-32-27(31)14-10-5-4-9-13-23-24(26(30)20-25(23)29)18-17-22(28)16-15-21-11-7-6-8-12-21/h4,6-9,11-12,17-18,23-26,29-30H,2-3,5,10,13-16,19-20H2,1H3/b9-4-,18-17+/t23?,24?,25-,26+/m0/s1. The molecule has 1 aromatic rings. The van der Waals surface area contributed by atoms with Crippen molar-refractivity contribution in [2.45, 2.75) is 76.9 Å². The van der Waals surface area contributed by atoms with Gasteiger partial charge >= 0.3 is 5.97 Å². The molecule has 0 bridgehead atoms. The van der Waals surface area contributed by atoms with E-state index in [2.05, 4.69) is 6.92 Å². The van der Waals surface area contributed by atoms with Crippen LogP contribution in [-0.4, -0.2) is 40.8 Å². The number of hydrogen-bond donors (Lipinski definition) is 2. The van der Waals surface area contributed by atoms with Gasteiger partial charge in [0.15, 0.2) is 5.78 Å². The van der Waals surface area contributed by atoms with Crippen molar-refractivity contribution in [1.29, 1.82) is 0 Å². The van der Waals surface area contributed by atoms with Gasteiger partial charge in [-0.25, -0.2) is 0 Å². The second-order valence-corrected chi connectivity index (χ2v) is 8.60. The topological polar surface area (TPSA) is 83.8 Å². The SMILES string of the molecule is CCCCOC(=O)CCC/C=C\CC1C(/C=C/C(=O)CCc2ccccc2)[C@H](O)C[C@@H]1O. The summed E-state index contributed by atoms with van der Waals surface area (Å²) < 4.78 is 5.14. The lowest BCUT2D eigenvalue weighted by Gasteiger charge is -2.19. The van der Waals surface area contributed by atoms with E-state index in [1.54, 1.807) is 12.2 Å². The van der Waals surface area contributed by atoms with Crippen LogP contribution >= 0.6 is 0 Å². The quantitative estimate of drug-likeness (QED) is 0.191. The van der Waals surface area contributed by atoms with Crippen molar-refractivity contribution >= 4 is 11.8 Å². The van der Waals surface area contributed by atoms with E-state index in [1.807, 2.05) is 42.5 Å². The molecular formula is C27H38O5. The third kappa shape index (κ3) is 9.49. The van der Waals surface area contributed by atoms with E-state index in [1.165, 1.54) is 0 Å². The molecule has 1 fully saturated rings. The molecule has 0 radical (unpaired) electrons. The average molecular weight is 443 g/mol. The van der Waals surface area contributed by atoms with Crippen molar-refractivity contribution in [2.75, 3.05) is 6.61 Å². The number of unbranched alkanes of at least 4 members (excludes halogenated alkanes) is 2. The van der Waals surface area contributed by atoms with Crippen LogP contribution < -0.4 is 0 Å². The van der Waals surface area contributed by atoms with Crippen molar-refractivity contribution in [2.24, 2.45) is 11.8 Å². The molecule has 176 valence electrons. The maximum Gasteiger partial charge on any atom is 0.305 e. The lowest BCUT2D eigenvalue weighted by atomic mass is 9.89. The van der Waals surface area contributed by atoms with Crippen LogP contribution in [0.25, 0.3) is 0 Å². The highest BCUT2D eigenvalue weighted by atomic mass is 16.5. The first-order chi connectivity index (χ1) is 15.5. The monoisotopic (exact) mass is 442 g/mol. The van der Waals surface area contributed by atoms with Crippen molar-refractivity contribution in [3.05, 3.63) is 60.2 Å². The van der Waals surface area contributed by atoms with Crippen molar-refractivity contribution < 1.29 is 24.5 Å². The first-order valence-electron chi connectivity index (χ1n) is 11.9. The van der Waals surface area contributed by atoms with E-state index in [0.29, 0.717) is 38.7 Å². The number of hydrogen-bond acceptors (Lipinski definition) is 5. The van der Waals surface area contributed by atoms with Crippen LogP contribution in [0, 0.1) is 11.8 Å². The van der Waals surface area contributed by atoms with Gasteiger partial charge in [0.05, 0.1) is 18.8 Å². The molecule has 5 nitrogen and oxygen atoms in total. The first kappa shape index (κ1) is 26.0. The predicted octanol–water partition coefficient (Wildman–Crippen LogP) is 4.56. The number of rotatable bonds is 14. The summed E-state index contributed by atoms with van der Waals surface area (Å²) in [6.07, 6.45) is 12.0. The van der Waals surface area contributed by atoms with Crippen LogP contribution in [0.3, 0.4) is 0 Å².